The number of amides is 2. The maximum atomic E-state index is 12.9. The molecule has 0 aliphatic carbocycles. The summed E-state index contributed by atoms with van der Waals surface area (Å²) < 4.78 is 23.6. The molecule has 1 heterocycles. The normalized spacial score (nSPS) is 11.8. The number of carbonyl (C=O) groups is 3. The van der Waals surface area contributed by atoms with Crippen LogP contribution in [-0.4, -0.2) is 60.1 Å². The summed E-state index contributed by atoms with van der Waals surface area (Å²) in [6.45, 7) is 0. The molecule has 33 heavy (non-hydrogen) atoms. The molecule has 3 aromatic rings. The molecule has 0 aliphatic heterocycles. The molecule has 10 heteroatoms. The predicted octanol–water partition coefficient (Wildman–Crippen LogP) is 2.24. The van der Waals surface area contributed by atoms with Gasteiger partial charge in [0.1, 0.15) is 17.5 Å². The molecule has 1 aromatic heterocycles. The lowest BCUT2D eigenvalue weighted by Crippen LogP contribution is -2.48. The number of esters is 1. The zero-order valence-electron chi connectivity index (χ0n) is 19.2. The van der Waals surface area contributed by atoms with Gasteiger partial charge in [-0.05, 0) is 29.8 Å². The Hall–Kier alpha value is -4.34. The number of benzene rings is 2. The number of carbonyl (C=O) groups excluding carboxylic acids is 3. The van der Waals surface area contributed by atoms with Crippen molar-refractivity contribution in [3.8, 4) is 22.8 Å². The Labute approximate surface area is 191 Å². The zero-order chi connectivity index (χ0) is 24.8. The van der Waals surface area contributed by atoms with Crippen LogP contribution in [0, 0.1) is 0 Å². The first-order chi connectivity index (χ1) is 16.3. The Balaban J connectivity index is 1.81. The zero-order valence-corrected chi connectivity index (χ0v) is 18.2. The van der Waals surface area contributed by atoms with Crippen LogP contribution in [0.15, 0.2) is 59.5 Å². The van der Waals surface area contributed by atoms with Crippen molar-refractivity contribution in [1.82, 2.24) is 9.88 Å². The third-order valence-corrected chi connectivity index (χ3v) is 4.92. The van der Waals surface area contributed by atoms with Crippen LogP contribution >= 0.6 is 0 Å². The van der Waals surface area contributed by atoms with E-state index < -0.39 is 23.8 Å². The largest absolute Gasteiger partial charge is 0.508 e. The van der Waals surface area contributed by atoms with Crippen LogP contribution in [0.3, 0.4) is 0 Å². The van der Waals surface area contributed by atoms with Gasteiger partial charge in [-0.15, -0.1) is 0 Å². The van der Waals surface area contributed by atoms with Gasteiger partial charge in [0.15, 0.2) is 13.6 Å². The van der Waals surface area contributed by atoms with Gasteiger partial charge in [0.25, 0.3) is 0 Å². The fourth-order valence-corrected chi connectivity index (χ4v) is 3.13. The van der Waals surface area contributed by atoms with Gasteiger partial charge in [-0.25, -0.2) is 9.78 Å². The molecule has 0 fully saturated rings. The number of rotatable bonds is 7. The number of likely N-dealkylation sites (N-methyl/N-ethyl adjacent to an activating group) is 1. The highest BCUT2D eigenvalue weighted by molar-refractivity contribution is 6.39. The van der Waals surface area contributed by atoms with Gasteiger partial charge >= 0.3 is 17.8 Å². The van der Waals surface area contributed by atoms with E-state index in [-0.39, 0.29) is 17.9 Å². The van der Waals surface area contributed by atoms with Gasteiger partial charge in [-0.2, -0.15) is 0 Å². The average molecular weight is 454 g/mol. The summed E-state index contributed by atoms with van der Waals surface area (Å²) in [6, 6.07) is 9.37. The second kappa shape index (κ2) is 10.3. The van der Waals surface area contributed by atoms with Crippen molar-refractivity contribution in [1.29, 1.82) is 0 Å². The number of ether oxygens (including phenoxy) is 2. The summed E-state index contributed by atoms with van der Waals surface area (Å²) >= 11 is 0. The van der Waals surface area contributed by atoms with Gasteiger partial charge in [0, 0.05) is 25.2 Å². The lowest BCUT2D eigenvalue weighted by Gasteiger charge is -2.25. The van der Waals surface area contributed by atoms with Gasteiger partial charge in [0.2, 0.25) is 0 Å². The number of nitrogens with zero attached hydrogens (tertiary/aromatic N) is 2. The summed E-state index contributed by atoms with van der Waals surface area (Å²) in [5, 5.41) is 9.87. The van der Waals surface area contributed by atoms with Crippen molar-refractivity contribution in [3.63, 3.8) is 0 Å². The maximum Gasteiger partial charge on any atom is 0.328 e. The first-order valence-electron chi connectivity index (χ1n) is 10.2. The van der Waals surface area contributed by atoms with Crippen molar-refractivity contribution in [2.75, 3.05) is 26.6 Å². The highest BCUT2D eigenvalue weighted by Crippen LogP contribution is 2.32. The van der Waals surface area contributed by atoms with Crippen LogP contribution < -0.4 is 10.0 Å². The fourth-order valence-electron chi connectivity index (χ4n) is 3.13. The minimum atomic E-state index is -1.18. The first kappa shape index (κ1) is 21.9. The van der Waals surface area contributed by atoms with Gasteiger partial charge < -0.3 is 29.2 Å². The Kier molecular flexibility index (Phi) is 6.84. The molecule has 1 atom stereocenters. The molecule has 0 bridgehead atoms. The molecule has 2 aromatic carbocycles. The standard InChI is InChI=1S/C23H23N3O7/c1-26(18(23(30)32-3)10-14-4-7-16(27)8-5-14)22(29)21(28)25-15-6-9-17(19(11-15)31-2)20-12-24-13-33-20/h4-9,11-13,18,27H,10H2,1-3H3,(H,25,28)/t18-/m0/s1/i/hD. The Bertz CT molecular complexity index is 1170. The Morgan fingerprint density at radius 2 is 1.94 bits per heavy atom. The van der Waals surface area contributed by atoms with Crippen LogP contribution in [0.4, 0.5) is 5.69 Å². The second-order valence-electron chi connectivity index (χ2n) is 6.99. The molecule has 10 nitrogen and oxygen atoms in total. The monoisotopic (exact) mass is 454 g/mol. The number of methoxy groups -OCH3 is 2. The second-order valence-corrected chi connectivity index (χ2v) is 6.99. The number of hydrogen-bond acceptors (Lipinski definition) is 8. The highest BCUT2D eigenvalue weighted by atomic mass is 16.5. The summed E-state index contributed by atoms with van der Waals surface area (Å²) in [7, 11) is 3.87. The number of hydrogen-bond donors (Lipinski definition) is 2. The number of oxazole rings is 1. The van der Waals surface area contributed by atoms with E-state index in [1.807, 2.05) is 0 Å². The summed E-state index contributed by atoms with van der Waals surface area (Å²) in [6.07, 6.45) is 2.79. The van der Waals surface area contributed by atoms with E-state index in [0.717, 1.165) is 4.90 Å². The molecule has 172 valence electrons. The van der Waals surface area contributed by atoms with E-state index in [4.69, 9.17) is 15.3 Å². The van der Waals surface area contributed by atoms with Crippen molar-refractivity contribution < 1.29 is 34.8 Å². The third kappa shape index (κ3) is 5.48. The van der Waals surface area contributed by atoms with Crippen molar-refractivity contribution in [2.24, 2.45) is 0 Å². The predicted molar refractivity (Wildman–Crippen MR) is 118 cm³/mol. The number of phenolic OH excluding ortho intramolecular Hbond substituents is 1. The summed E-state index contributed by atoms with van der Waals surface area (Å²) in [5.41, 5.74) is 1.25. The number of anilines is 1. The van der Waals surface area contributed by atoms with Gasteiger partial charge in [-0.3, -0.25) is 9.59 Å². The Morgan fingerprint density at radius 1 is 1.21 bits per heavy atom. The topological polar surface area (TPSA) is 131 Å². The first-order valence-corrected chi connectivity index (χ1v) is 9.79. The molecule has 2 N–H and O–H groups in total. The molecule has 0 saturated carbocycles. The van der Waals surface area contributed by atoms with Gasteiger partial charge in [0.05, 0.1) is 26.0 Å². The smallest absolute Gasteiger partial charge is 0.328 e. The van der Waals surface area contributed by atoms with Crippen LogP contribution in [0.2, 0.25) is 1.41 Å². The Morgan fingerprint density at radius 3 is 2.55 bits per heavy atom. The van der Waals surface area contributed by atoms with Crippen molar-refractivity contribution in [3.05, 3.63) is 60.6 Å². The van der Waals surface area contributed by atoms with E-state index in [1.165, 1.54) is 58.1 Å². The SMILES string of the molecule is [2H]N(C(=O)C(=O)N(C)[C@@H](Cc1ccc(O)cc1)C(=O)OC)c1ccc(-c2cnco2)c(OC)c1. The molecule has 0 unspecified atom stereocenters. The van der Waals surface area contributed by atoms with Crippen LogP contribution in [0.1, 0.15) is 5.56 Å². The molecule has 0 spiro atoms. The molecular weight excluding hydrogens is 430 g/mol. The van der Waals surface area contributed by atoms with Gasteiger partial charge in [-0.1, -0.05) is 12.1 Å². The highest BCUT2D eigenvalue weighted by Gasteiger charge is 2.31. The van der Waals surface area contributed by atoms with Crippen molar-refractivity contribution >= 4 is 23.5 Å². The molecular formula is C23H23N3O7. The quantitative estimate of drug-likeness (QED) is 0.410. The van der Waals surface area contributed by atoms with E-state index in [0.29, 0.717) is 27.9 Å². The number of aromatic hydroxyl groups is 1. The van der Waals surface area contributed by atoms with Crippen molar-refractivity contribution in [2.45, 2.75) is 12.5 Å². The van der Waals surface area contributed by atoms with Crippen LogP contribution in [0.25, 0.3) is 11.3 Å². The summed E-state index contributed by atoms with van der Waals surface area (Å²) in [5.74, 6) is -2.21. The summed E-state index contributed by atoms with van der Waals surface area (Å²) in [4.78, 5) is 42.8. The van der Waals surface area contributed by atoms with Crippen LogP contribution in [-0.2, 0) is 25.5 Å². The molecule has 2 amide bonds. The van der Waals surface area contributed by atoms with E-state index in [9.17, 15) is 19.5 Å². The maximum absolute atomic E-state index is 12.9. The number of nitrogens with one attached hydrogen (secondary N) is 1. The van der Waals surface area contributed by atoms with Crippen LogP contribution in [0.5, 0.6) is 11.5 Å². The number of aromatic nitrogens is 1. The lowest BCUT2D eigenvalue weighted by molar-refractivity contribution is -0.153. The third-order valence-electron chi connectivity index (χ3n) is 4.92. The minimum absolute atomic E-state index is 0.0418. The molecule has 0 saturated heterocycles. The fraction of sp³-hybridized carbons (Fsp3) is 0.217. The van der Waals surface area contributed by atoms with E-state index >= 15 is 0 Å². The molecule has 0 radical (unpaired) electrons. The molecule has 3 rings (SSSR count). The minimum Gasteiger partial charge on any atom is -0.508 e. The van der Waals surface area contributed by atoms with E-state index in [2.05, 4.69) is 4.98 Å². The number of phenols is 1. The lowest BCUT2D eigenvalue weighted by atomic mass is 10.0. The average Bonchev–Trinajstić information content (AvgIpc) is 3.40. The van der Waals surface area contributed by atoms with E-state index in [1.54, 1.807) is 18.2 Å². The molecule has 0 aliphatic rings.